The third-order valence-electron chi connectivity index (χ3n) is 5.37. The molecule has 7 nitrogen and oxygen atoms in total. The van der Waals surface area contributed by atoms with Gasteiger partial charge in [0.15, 0.2) is 11.5 Å². The number of urea groups is 1. The molecule has 7 heteroatoms. The van der Waals surface area contributed by atoms with E-state index >= 15 is 0 Å². The molecular formula is C24H31N3O4. The number of fused-ring (bicyclic) bond motifs is 1. The number of nitrogens with zero attached hydrogens (tertiary/aromatic N) is 1. The third kappa shape index (κ3) is 5.69. The maximum absolute atomic E-state index is 12.4. The molecule has 0 fully saturated rings. The molecule has 0 radical (unpaired) electrons. The largest absolute Gasteiger partial charge is 0.493 e. The van der Waals surface area contributed by atoms with Gasteiger partial charge in [-0.1, -0.05) is 19.9 Å². The van der Waals surface area contributed by atoms with E-state index in [-0.39, 0.29) is 11.9 Å². The maximum Gasteiger partial charge on any atom is 0.319 e. The highest BCUT2D eigenvalue weighted by Crippen LogP contribution is 2.31. The topological polar surface area (TPSA) is 79.9 Å². The minimum Gasteiger partial charge on any atom is -0.493 e. The second kappa shape index (κ2) is 10.2. The van der Waals surface area contributed by atoms with Gasteiger partial charge in [0.1, 0.15) is 0 Å². The first-order valence-corrected chi connectivity index (χ1v) is 10.6. The summed E-state index contributed by atoms with van der Waals surface area (Å²) in [7, 11) is 3.16. The van der Waals surface area contributed by atoms with Gasteiger partial charge in [0, 0.05) is 30.9 Å². The number of rotatable bonds is 8. The quantitative estimate of drug-likeness (QED) is 0.659. The first-order valence-electron chi connectivity index (χ1n) is 10.6. The zero-order valence-electron chi connectivity index (χ0n) is 18.7. The molecule has 1 heterocycles. The zero-order chi connectivity index (χ0) is 22.4. The molecule has 0 aromatic heterocycles. The average Bonchev–Trinajstić information content (AvgIpc) is 2.76. The molecule has 2 aromatic carbocycles. The molecule has 0 spiro atoms. The van der Waals surface area contributed by atoms with E-state index in [9.17, 15) is 9.59 Å². The van der Waals surface area contributed by atoms with E-state index in [1.165, 1.54) is 0 Å². The van der Waals surface area contributed by atoms with Gasteiger partial charge < -0.3 is 25.0 Å². The fraction of sp³-hybridized carbons (Fsp3) is 0.417. The normalized spacial score (nSPS) is 13.1. The Bertz CT molecular complexity index is 942. The van der Waals surface area contributed by atoms with Crippen LogP contribution in [0, 0.1) is 5.92 Å². The van der Waals surface area contributed by atoms with Crippen molar-refractivity contribution in [3.05, 3.63) is 47.5 Å². The maximum atomic E-state index is 12.4. The Morgan fingerprint density at radius 2 is 1.84 bits per heavy atom. The lowest BCUT2D eigenvalue weighted by Crippen LogP contribution is -2.36. The van der Waals surface area contributed by atoms with Crippen molar-refractivity contribution in [1.82, 2.24) is 5.32 Å². The van der Waals surface area contributed by atoms with Crippen molar-refractivity contribution in [2.24, 2.45) is 5.92 Å². The number of carbonyl (C=O) groups is 2. The lowest BCUT2D eigenvalue weighted by Gasteiger charge is -2.30. The van der Waals surface area contributed by atoms with Crippen LogP contribution in [0.2, 0.25) is 0 Å². The number of amides is 3. The van der Waals surface area contributed by atoms with E-state index in [1.807, 2.05) is 41.3 Å². The molecule has 3 amide bonds. The van der Waals surface area contributed by atoms with Crippen LogP contribution in [0.4, 0.5) is 16.2 Å². The van der Waals surface area contributed by atoms with Crippen molar-refractivity contribution in [3.8, 4) is 11.5 Å². The van der Waals surface area contributed by atoms with Crippen molar-refractivity contribution in [1.29, 1.82) is 0 Å². The highest BCUT2D eigenvalue weighted by Gasteiger charge is 2.24. The summed E-state index contributed by atoms with van der Waals surface area (Å²) < 4.78 is 10.5. The molecule has 0 saturated heterocycles. The monoisotopic (exact) mass is 425 g/mol. The lowest BCUT2D eigenvalue weighted by atomic mass is 9.99. The zero-order valence-corrected chi connectivity index (χ0v) is 18.7. The summed E-state index contributed by atoms with van der Waals surface area (Å²) in [6.45, 7) is 5.39. The molecule has 0 atom stereocenters. The third-order valence-corrected chi connectivity index (χ3v) is 5.37. The standard InChI is InChI=1S/C24H31N3O4/c1-16(2)11-12-27-20-8-7-19(14-18(20)6-10-23(27)28)26-24(29)25-15-17-5-9-21(30-3)22(13-17)31-4/h5,7-9,13-14,16H,6,10-12,15H2,1-4H3,(H2,25,26,29). The highest BCUT2D eigenvalue weighted by atomic mass is 16.5. The van der Waals surface area contributed by atoms with Crippen LogP contribution < -0.4 is 25.0 Å². The summed E-state index contributed by atoms with van der Waals surface area (Å²) in [6, 6.07) is 11.0. The number of nitrogens with one attached hydrogen (secondary N) is 2. The van der Waals surface area contributed by atoms with Crippen LogP contribution in [0.5, 0.6) is 11.5 Å². The summed E-state index contributed by atoms with van der Waals surface area (Å²) in [5.74, 6) is 1.97. The van der Waals surface area contributed by atoms with Crippen molar-refractivity contribution >= 4 is 23.3 Å². The Kier molecular flexibility index (Phi) is 7.39. The van der Waals surface area contributed by atoms with Gasteiger partial charge >= 0.3 is 6.03 Å². The molecule has 3 rings (SSSR count). The Hall–Kier alpha value is -3.22. The van der Waals surface area contributed by atoms with E-state index < -0.39 is 0 Å². The summed E-state index contributed by atoms with van der Waals surface area (Å²) in [5, 5.41) is 5.73. The fourth-order valence-corrected chi connectivity index (χ4v) is 3.62. The van der Waals surface area contributed by atoms with Crippen LogP contribution in [-0.2, 0) is 17.8 Å². The molecule has 2 N–H and O–H groups in total. The number of anilines is 2. The smallest absolute Gasteiger partial charge is 0.319 e. The molecule has 1 aliphatic rings. The highest BCUT2D eigenvalue weighted by molar-refractivity contribution is 5.97. The predicted molar refractivity (Wildman–Crippen MR) is 122 cm³/mol. The van der Waals surface area contributed by atoms with Gasteiger partial charge in [0.25, 0.3) is 0 Å². The molecular weight excluding hydrogens is 394 g/mol. The van der Waals surface area contributed by atoms with Crippen molar-refractivity contribution in [2.75, 3.05) is 31.0 Å². The van der Waals surface area contributed by atoms with Crippen molar-refractivity contribution in [2.45, 2.75) is 39.7 Å². The molecule has 31 heavy (non-hydrogen) atoms. The van der Waals surface area contributed by atoms with E-state index in [0.29, 0.717) is 42.5 Å². The van der Waals surface area contributed by atoms with Gasteiger partial charge in [-0.2, -0.15) is 0 Å². The summed E-state index contributed by atoms with van der Waals surface area (Å²) in [5.41, 5.74) is 3.65. The van der Waals surface area contributed by atoms with Crippen LogP contribution in [0.25, 0.3) is 0 Å². The SMILES string of the molecule is COc1ccc(CNC(=O)Nc2ccc3c(c2)CCC(=O)N3CCC(C)C)cc1OC. The second-order valence-corrected chi connectivity index (χ2v) is 8.07. The van der Waals surface area contributed by atoms with Gasteiger partial charge in [0.05, 0.1) is 14.2 Å². The van der Waals surface area contributed by atoms with Gasteiger partial charge in [-0.25, -0.2) is 4.79 Å². The minimum atomic E-state index is -0.293. The Morgan fingerprint density at radius 1 is 1.06 bits per heavy atom. The lowest BCUT2D eigenvalue weighted by molar-refractivity contribution is -0.118. The van der Waals surface area contributed by atoms with E-state index in [4.69, 9.17) is 9.47 Å². The molecule has 0 saturated carbocycles. The fourth-order valence-electron chi connectivity index (χ4n) is 3.62. The number of hydrogen-bond acceptors (Lipinski definition) is 4. The van der Waals surface area contributed by atoms with Crippen molar-refractivity contribution in [3.63, 3.8) is 0 Å². The first kappa shape index (κ1) is 22.5. The van der Waals surface area contributed by atoms with Gasteiger partial charge in [-0.3, -0.25) is 4.79 Å². The number of ether oxygens (including phenoxy) is 2. The van der Waals surface area contributed by atoms with E-state index in [0.717, 1.165) is 29.8 Å². The molecule has 2 aromatic rings. The molecule has 0 unspecified atom stereocenters. The van der Waals surface area contributed by atoms with Gasteiger partial charge in [-0.15, -0.1) is 0 Å². The van der Waals surface area contributed by atoms with Crippen LogP contribution in [-0.4, -0.2) is 32.7 Å². The second-order valence-electron chi connectivity index (χ2n) is 8.07. The molecule has 166 valence electrons. The van der Waals surface area contributed by atoms with Crippen LogP contribution in [0.15, 0.2) is 36.4 Å². The Labute approximate surface area is 183 Å². The van der Waals surface area contributed by atoms with Crippen LogP contribution in [0.1, 0.15) is 37.8 Å². The number of hydrogen-bond donors (Lipinski definition) is 2. The molecule has 0 bridgehead atoms. The van der Waals surface area contributed by atoms with E-state index in [2.05, 4.69) is 24.5 Å². The van der Waals surface area contributed by atoms with Crippen LogP contribution >= 0.6 is 0 Å². The predicted octanol–water partition coefficient (Wildman–Crippen LogP) is 4.35. The summed E-state index contributed by atoms with van der Waals surface area (Å²) in [6.07, 6.45) is 2.15. The molecule has 1 aliphatic heterocycles. The first-order chi connectivity index (χ1) is 14.9. The van der Waals surface area contributed by atoms with Crippen LogP contribution in [0.3, 0.4) is 0 Å². The number of benzene rings is 2. The van der Waals surface area contributed by atoms with Gasteiger partial charge in [0.2, 0.25) is 5.91 Å². The van der Waals surface area contributed by atoms with Crippen molar-refractivity contribution < 1.29 is 19.1 Å². The number of aryl methyl sites for hydroxylation is 1. The minimum absolute atomic E-state index is 0.168. The molecule has 0 aliphatic carbocycles. The summed E-state index contributed by atoms with van der Waals surface area (Å²) in [4.78, 5) is 26.6. The number of methoxy groups -OCH3 is 2. The average molecular weight is 426 g/mol. The number of carbonyl (C=O) groups excluding carboxylic acids is 2. The Balaban J connectivity index is 1.61. The van der Waals surface area contributed by atoms with Gasteiger partial charge in [-0.05, 0) is 60.2 Å². The Morgan fingerprint density at radius 3 is 2.55 bits per heavy atom. The van der Waals surface area contributed by atoms with E-state index in [1.54, 1.807) is 14.2 Å². The summed E-state index contributed by atoms with van der Waals surface area (Å²) >= 11 is 0.